The van der Waals surface area contributed by atoms with E-state index in [1.807, 2.05) is 18.2 Å². The van der Waals surface area contributed by atoms with Gasteiger partial charge in [-0.1, -0.05) is 12.8 Å². The summed E-state index contributed by atoms with van der Waals surface area (Å²) in [6, 6.07) is 6.07. The maximum atomic E-state index is 12.5. The van der Waals surface area contributed by atoms with Crippen molar-refractivity contribution in [1.82, 2.24) is 5.32 Å². The number of benzene rings is 1. The van der Waals surface area contributed by atoms with Crippen molar-refractivity contribution in [3.05, 3.63) is 23.8 Å². The Labute approximate surface area is 153 Å². The van der Waals surface area contributed by atoms with E-state index in [1.54, 1.807) is 16.7 Å². The van der Waals surface area contributed by atoms with Crippen LogP contribution < -0.4 is 15.1 Å². The van der Waals surface area contributed by atoms with Crippen LogP contribution in [0.2, 0.25) is 0 Å². The first-order valence-corrected chi connectivity index (χ1v) is 9.54. The van der Waals surface area contributed by atoms with Crippen LogP contribution in [0.3, 0.4) is 0 Å². The van der Waals surface area contributed by atoms with Gasteiger partial charge in [-0.25, -0.2) is 0 Å². The van der Waals surface area contributed by atoms with Crippen LogP contribution >= 0.6 is 0 Å². The molecule has 0 spiro atoms. The van der Waals surface area contributed by atoms with Crippen LogP contribution in [-0.2, 0) is 20.8 Å². The van der Waals surface area contributed by atoms with Crippen molar-refractivity contribution in [3.8, 4) is 0 Å². The number of hydrogen-bond donors (Lipinski definition) is 1. The Morgan fingerprint density at radius 2 is 1.96 bits per heavy atom. The molecule has 6 heteroatoms. The number of carbonyl (C=O) groups excluding carboxylic acids is 3. The van der Waals surface area contributed by atoms with Crippen molar-refractivity contribution in [3.63, 3.8) is 0 Å². The van der Waals surface area contributed by atoms with Crippen molar-refractivity contribution >= 4 is 29.1 Å². The van der Waals surface area contributed by atoms with Crippen molar-refractivity contribution in [2.45, 2.75) is 51.5 Å². The van der Waals surface area contributed by atoms with Crippen LogP contribution in [0.15, 0.2) is 18.2 Å². The zero-order valence-electron chi connectivity index (χ0n) is 15.2. The standard InChI is InChI=1S/C20H25N3O3/c1-13(24)22-9-8-14-10-17(6-7-18(14)22)23-12-15(11-19(23)25)20(26)21-16-4-2-3-5-16/h6-7,10,15-16H,2-5,8-9,11-12H2,1H3,(H,21,26). The first-order chi connectivity index (χ1) is 12.5. The summed E-state index contributed by atoms with van der Waals surface area (Å²) in [5.74, 6) is -0.225. The van der Waals surface area contributed by atoms with Crippen molar-refractivity contribution in [2.24, 2.45) is 5.92 Å². The summed E-state index contributed by atoms with van der Waals surface area (Å²) in [6.45, 7) is 2.70. The van der Waals surface area contributed by atoms with Gasteiger partial charge in [-0.2, -0.15) is 0 Å². The van der Waals surface area contributed by atoms with Crippen LogP contribution in [0.1, 0.15) is 44.6 Å². The number of anilines is 2. The third kappa shape index (κ3) is 3.08. The minimum absolute atomic E-state index is 0.00190. The van der Waals surface area contributed by atoms with Gasteiger partial charge < -0.3 is 15.1 Å². The van der Waals surface area contributed by atoms with E-state index in [-0.39, 0.29) is 36.1 Å². The fourth-order valence-electron chi connectivity index (χ4n) is 4.41. The largest absolute Gasteiger partial charge is 0.353 e. The van der Waals surface area contributed by atoms with Crippen LogP contribution in [0.4, 0.5) is 11.4 Å². The summed E-state index contributed by atoms with van der Waals surface area (Å²) in [6.07, 6.45) is 5.52. The van der Waals surface area contributed by atoms with E-state index >= 15 is 0 Å². The number of hydrogen-bond acceptors (Lipinski definition) is 3. The third-order valence-corrected chi connectivity index (χ3v) is 5.85. The SMILES string of the molecule is CC(=O)N1CCc2cc(N3CC(C(=O)NC4CCCC4)CC3=O)ccc21. The Balaban J connectivity index is 1.46. The summed E-state index contributed by atoms with van der Waals surface area (Å²) in [5.41, 5.74) is 2.85. The predicted octanol–water partition coefficient (Wildman–Crippen LogP) is 2.01. The van der Waals surface area contributed by atoms with E-state index in [9.17, 15) is 14.4 Å². The summed E-state index contributed by atoms with van der Waals surface area (Å²) < 4.78 is 0. The number of fused-ring (bicyclic) bond motifs is 1. The molecule has 1 aromatic carbocycles. The first kappa shape index (κ1) is 17.1. The molecule has 3 amide bonds. The summed E-state index contributed by atoms with van der Waals surface area (Å²) in [4.78, 5) is 40.1. The molecule has 0 radical (unpaired) electrons. The molecule has 2 fully saturated rings. The molecule has 1 saturated carbocycles. The van der Waals surface area contributed by atoms with Gasteiger partial charge in [0.1, 0.15) is 0 Å². The molecule has 1 unspecified atom stereocenters. The Morgan fingerprint density at radius 3 is 2.69 bits per heavy atom. The minimum atomic E-state index is -0.273. The number of amides is 3. The monoisotopic (exact) mass is 355 g/mol. The van der Waals surface area contributed by atoms with E-state index in [2.05, 4.69) is 5.32 Å². The highest BCUT2D eigenvalue weighted by Gasteiger charge is 2.36. The molecule has 1 N–H and O–H groups in total. The number of carbonyl (C=O) groups is 3. The second kappa shape index (κ2) is 6.74. The zero-order chi connectivity index (χ0) is 18.3. The second-order valence-corrected chi connectivity index (χ2v) is 7.63. The molecule has 1 atom stereocenters. The Morgan fingerprint density at radius 1 is 1.19 bits per heavy atom. The number of nitrogens with zero attached hydrogens (tertiary/aromatic N) is 2. The summed E-state index contributed by atoms with van der Waals surface area (Å²) >= 11 is 0. The van der Waals surface area contributed by atoms with E-state index in [0.29, 0.717) is 13.1 Å². The molecule has 138 valence electrons. The molecule has 0 aromatic heterocycles. The van der Waals surface area contributed by atoms with Crippen LogP contribution in [0, 0.1) is 5.92 Å². The van der Waals surface area contributed by atoms with Gasteiger partial charge in [0.2, 0.25) is 17.7 Å². The van der Waals surface area contributed by atoms with Crippen molar-refractivity contribution in [2.75, 3.05) is 22.9 Å². The molecule has 4 rings (SSSR count). The molecular formula is C20H25N3O3. The van der Waals surface area contributed by atoms with Gasteiger partial charge in [-0.3, -0.25) is 14.4 Å². The van der Waals surface area contributed by atoms with Gasteiger partial charge in [0, 0.05) is 43.9 Å². The van der Waals surface area contributed by atoms with Crippen molar-refractivity contribution < 1.29 is 14.4 Å². The van der Waals surface area contributed by atoms with E-state index in [4.69, 9.17) is 0 Å². The molecule has 1 saturated heterocycles. The first-order valence-electron chi connectivity index (χ1n) is 9.54. The number of rotatable bonds is 3. The topological polar surface area (TPSA) is 69.7 Å². The minimum Gasteiger partial charge on any atom is -0.353 e. The van der Waals surface area contributed by atoms with Gasteiger partial charge in [-0.05, 0) is 43.0 Å². The van der Waals surface area contributed by atoms with Gasteiger partial charge in [0.15, 0.2) is 0 Å². The lowest BCUT2D eigenvalue weighted by Gasteiger charge is -2.20. The number of nitrogens with one attached hydrogen (secondary N) is 1. The predicted molar refractivity (Wildman–Crippen MR) is 99.0 cm³/mol. The smallest absolute Gasteiger partial charge is 0.227 e. The van der Waals surface area contributed by atoms with E-state index in [0.717, 1.165) is 36.2 Å². The normalized spacial score (nSPS) is 22.8. The average molecular weight is 355 g/mol. The molecule has 1 aliphatic carbocycles. The summed E-state index contributed by atoms with van der Waals surface area (Å²) in [5, 5.41) is 3.11. The third-order valence-electron chi connectivity index (χ3n) is 5.85. The Bertz CT molecular complexity index is 755. The maximum absolute atomic E-state index is 12.5. The molecule has 1 aromatic rings. The van der Waals surface area contributed by atoms with Gasteiger partial charge >= 0.3 is 0 Å². The molecule has 2 aliphatic heterocycles. The van der Waals surface area contributed by atoms with Crippen LogP contribution in [-0.4, -0.2) is 36.9 Å². The Hall–Kier alpha value is -2.37. The molecule has 3 aliphatic rings. The van der Waals surface area contributed by atoms with Crippen LogP contribution in [0.5, 0.6) is 0 Å². The lowest BCUT2D eigenvalue weighted by atomic mass is 10.1. The molecule has 26 heavy (non-hydrogen) atoms. The molecule has 6 nitrogen and oxygen atoms in total. The van der Waals surface area contributed by atoms with Gasteiger partial charge in [0.25, 0.3) is 0 Å². The van der Waals surface area contributed by atoms with E-state index in [1.165, 1.54) is 12.8 Å². The highest BCUT2D eigenvalue weighted by Crippen LogP contribution is 2.34. The van der Waals surface area contributed by atoms with Crippen LogP contribution in [0.25, 0.3) is 0 Å². The van der Waals surface area contributed by atoms with Gasteiger partial charge in [-0.15, -0.1) is 0 Å². The lowest BCUT2D eigenvalue weighted by molar-refractivity contribution is -0.126. The zero-order valence-corrected chi connectivity index (χ0v) is 15.2. The van der Waals surface area contributed by atoms with E-state index < -0.39 is 0 Å². The van der Waals surface area contributed by atoms with Gasteiger partial charge in [0.05, 0.1) is 5.92 Å². The lowest BCUT2D eigenvalue weighted by Crippen LogP contribution is -2.38. The quantitative estimate of drug-likeness (QED) is 0.902. The highest BCUT2D eigenvalue weighted by atomic mass is 16.2. The molecule has 2 heterocycles. The molecular weight excluding hydrogens is 330 g/mol. The second-order valence-electron chi connectivity index (χ2n) is 7.63. The maximum Gasteiger partial charge on any atom is 0.227 e. The molecule has 0 bridgehead atoms. The Kier molecular flexibility index (Phi) is 4.42. The van der Waals surface area contributed by atoms with Crippen molar-refractivity contribution in [1.29, 1.82) is 0 Å². The summed E-state index contributed by atoms with van der Waals surface area (Å²) in [7, 11) is 0. The fraction of sp³-hybridized carbons (Fsp3) is 0.550. The average Bonchev–Trinajstić information content (AvgIpc) is 3.33. The fourth-order valence-corrected chi connectivity index (χ4v) is 4.41. The highest BCUT2D eigenvalue weighted by molar-refractivity contribution is 6.01.